The van der Waals surface area contributed by atoms with Crippen LogP contribution in [0.3, 0.4) is 0 Å². The highest BCUT2D eigenvalue weighted by atomic mass is 32.5. The summed E-state index contributed by atoms with van der Waals surface area (Å²) in [6.45, 7) is 2.01. The highest BCUT2D eigenvalue weighted by Gasteiger charge is 2.21. The number of unbranched alkanes of at least 4 members (excludes halogenated alkanes) is 2. The lowest BCUT2D eigenvalue weighted by atomic mass is 10.2. The molecule has 0 amide bonds. The van der Waals surface area contributed by atoms with E-state index in [1.165, 1.54) is 0 Å². The summed E-state index contributed by atoms with van der Waals surface area (Å²) in [5.41, 5.74) is 0. The first-order chi connectivity index (χ1) is 9.04. The first-order valence-electron chi connectivity index (χ1n) is 6.23. The number of hydrogen-bond acceptors (Lipinski definition) is 6. The Balaban J connectivity index is 3.85. The monoisotopic (exact) mass is 315 g/mol. The number of aliphatic carboxylic acids is 1. The number of carboxylic acid groups (broad SMARTS) is 1. The number of hydrogen-bond donors (Lipinski definition) is 2. The Kier molecular flexibility index (Phi) is 11.7. The zero-order valence-electron chi connectivity index (χ0n) is 11.3. The van der Waals surface area contributed by atoms with E-state index in [-0.39, 0.29) is 6.42 Å². The number of rotatable bonds is 13. The molecule has 0 atom stereocenters. The molecule has 0 radical (unpaired) electrons. The van der Waals surface area contributed by atoms with Crippen LogP contribution in [0.15, 0.2) is 0 Å². The maximum absolute atomic E-state index is 10.3. The summed E-state index contributed by atoms with van der Waals surface area (Å²) in [5.74, 6) is -0.780. The van der Waals surface area contributed by atoms with Crippen LogP contribution in [0.4, 0.5) is 0 Å². The Morgan fingerprint density at radius 3 is 2.21 bits per heavy atom. The smallest absolute Gasteiger partial charge is 0.320 e. The first kappa shape index (κ1) is 18.9. The van der Waals surface area contributed by atoms with Crippen LogP contribution >= 0.6 is 6.64 Å². The van der Waals surface area contributed by atoms with Gasteiger partial charge in [0.15, 0.2) is 0 Å². The highest BCUT2D eigenvalue weighted by Crippen LogP contribution is 2.44. The Morgan fingerprint density at radius 2 is 1.74 bits per heavy atom. The van der Waals surface area contributed by atoms with E-state index in [1.807, 2.05) is 0 Å². The molecule has 2 N–H and O–H groups in total. The SMILES string of the molecule is CCOOP(=S)(NCCCCCC(=O)O)OOCC. The minimum absolute atomic E-state index is 0.180. The fraction of sp³-hybridized carbons (Fsp3) is 0.900. The minimum Gasteiger partial charge on any atom is -0.481 e. The summed E-state index contributed by atoms with van der Waals surface area (Å²) in [6.07, 6.45) is 2.38. The van der Waals surface area contributed by atoms with Gasteiger partial charge in [0, 0.05) is 13.0 Å². The lowest BCUT2D eigenvalue weighted by molar-refractivity contribution is -0.255. The van der Waals surface area contributed by atoms with Gasteiger partial charge >= 0.3 is 12.6 Å². The molecule has 0 aliphatic carbocycles. The molecule has 19 heavy (non-hydrogen) atoms. The molecule has 0 saturated carbocycles. The maximum atomic E-state index is 10.3. The average Bonchev–Trinajstić information content (AvgIpc) is 2.38. The number of carbonyl (C=O) groups is 1. The molecule has 114 valence electrons. The summed E-state index contributed by atoms with van der Waals surface area (Å²) in [6, 6.07) is 0. The summed E-state index contributed by atoms with van der Waals surface area (Å²) in [4.78, 5) is 19.9. The van der Waals surface area contributed by atoms with Gasteiger partial charge in [-0.1, -0.05) is 6.42 Å². The quantitative estimate of drug-likeness (QED) is 0.232. The van der Waals surface area contributed by atoms with E-state index in [1.54, 1.807) is 13.8 Å². The van der Waals surface area contributed by atoms with Crippen LogP contribution < -0.4 is 5.09 Å². The highest BCUT2D eigenvalue weighted by molar-refractivity contribution is 8.08. The van der Waals surface area contributed by atoms with Crippen LogP contribution in [-0.4, -0.2) is 30.8 Å². The van der Waals surface area contributed by atoms with Crippen molar-refractivity contribution < 1.29 is 29.0 Å². The molecule has 0 aromatic heterocycles. The third-order valence-corrected chi connectivity index (χ3v) is 3.88. The Labute approximate surface area is 118 Å². The van der Waals surface area contributed by atoms with Crippen LogP contribution in [0, 0.1) is 0 Å². The maximum Gasteiger partial charge on any atom is 0.320 e. The van der Waals surface area contributed by atoms with Crippen molar-refractivity contribution in [1.29, 1.82) is 0 Å². The van der Waals surface area contributed by atoms with Crippen LogP contribution in [0.5, 0.6) is 0 Å². The fourth-order valence-corrected chi connectivity index (χ4v) is 2.69. The molecule has 0 aliphatic rings. The molecule has 0 bridgehead atoms. The summed E-state index contributed by atoms with van der Waals surface area (Å²) in [7, 11) is 0. The van der Waals surface area contributed by atoms with E-state index in [4.69, 9.17) is 36.0 Å². The third kappa shape index (κ3) is 11.4. The lowest BCUT2D eigenvalue weighted by Crippen LogP contribution is -2.16. The Morgan fingerprint density at radius 1 is 1.16 bits per heavy atom. The second kappa shape index (κ2) is 11.7. The van der Waals surface area contributed by atoms with Gasteiger partial charge in [0.2, 0.25) is 0 Å². The summed E-state index contributed by atoms with van der Waals surface area (Å²) in [5, 5.41) is 11.4. The fourth-order valence-electron chi connectivity index (χ4n) is 1.10. The topological polar surface area (TPSA) is 86.3 Å². The van der Waals surface area contributed by atoms with Crippen LogP contribution in [0.1, 0.15) is 39.5 Å². The molecule has 9 heteroatoms. The van der Waals surface area contributed by atoms with Gasteiger partial charge in [-0.2, -0.15) is 9.35 Å². The van der Waals surface area contributed by atoms with Crippen molar-refractivity contribution in [3.8, 4) is 0 Å². The Hall–Kier alpha value is -0.0800. The van der Waals surface area contributed by atoms with Crippen molar-refractivity contribution in [2.24, 2.45) is 0 Å². The van der Waals surface area contributed by atoms with E-state index in [2.05, 4.69) is 5.09 Å². The molecule has 0 aromatic carbocycles. The summed E-state index contributed by atoms with van der Waals surface area (Å²) < 4.78 is 10.00. The predicted octanol–water partition coefficient (Wildman–Crippen LogP) is 2.38. The average molecular weight is 315 g/mol. The molecule has 0 fully saturated rings. The van der Waals surface area contributed by atoms with E-state index in [0.29, 0.717) is 26.2 Å². The first-order valence-corrected chi connectivity index (χ1v) is 8.87. The molecule has 0 heterocycles. The van der Waals surface area contributed by atoms with Crippen LogP contribution in [0.25, 0.3) is 0 Å². The van der Waals surface area contributed by atoms with Crippen molar-refractivity contribution in [3.05, 3.63) is 0 Å². The van der Waals surface area contributed by atoms with Crippen molar-refractivity contribution in [2.45, 2.75) is 39.5 Å². The standard InChI is InChI=1S/C10H22NO6PS/c1-3-14-16-18(19,17-15-4-2)11-9-7-5-6-8-10(12)13/h3-9H2,1-2H3,(H,11,19)(H,12,13). The molecule has 0 aliphatic heterocycles. The van der Waals surface area contributed by atoms with Crippen molar-refractivity contribution >= 4 is 24.4 Å². The van der Waals surface area contributed by atoms with E-state index in [0.717, 1.165) is 12.8 Å². The normalized spacial score (nSPS) is 11.7. The molecule has 0 unspecified atom stereocenters. The van der Waals surface area contributed by atoms with Crippen molar-refractivity contribution in [2.75, 3.05) is 19.8 Å². The van der Waals surface area contributed by atoms with Gasteiger partial charge < -0.3 is 5.11 Å². The van der Waals surface area contributed by atoms with Crippen molar-refractivity contribution in [1.82, 2.24) is 5.09 Å². The van der Waals surface area contributed by atoms with Gasteiger partial charge in [-0.05, 0) is 38.5 Å². The van der Waals surface area contributed by atoms with Gasteiger partial charge in [-0.25, -0.2) is 14.9 Å². The predicted molar refractivity (Wildman–Crippen MR) is 73.8 cm³/mol. The molecular formula is C10H22NO6PS. The van der Waals surface area contributed by atoms with Gasteiger partial charge in [0.05, 0.1) is 13.2 Å². The number of carboxylic acids is 1. The summed E-state index contributed by atoms with van der Waals surface area (Å²) >= 11 is 5.16. The van der Waals surface area contributed by atoms with Gasteiger partial charge in [-0.15, -0.1) is 0 Å². The zero-order chi connectivity index (χ0) is 14.6. The molecular weight excluding hydrogens is 293 g/mol. The molecule has 0 aromatic rings. The second-order valence-corrected chi connectivity index (χ2v) is 6.62. The number of nitrogens with one attached hydrogen (secondary N) is 1. The molecule has 0 rings (SSSR count). The van der Waals surface area contributed by atoms with E-state index >= 15 is 0 Å². The van der Waals surface area contributed by atoms with E-state index in [9.17, 15) is 4.79 Å². The third-order valence-electron chi connectivity index (χ3n) is 1.91. The van der Waals surface area contributed by atoms with Gasteiger partial charge in [0.25, 0.3) is 0 Å². The second-order valence-electron chi connectivity index (χ2n) is 3.57. The van der Waals surface area contributed by atoms with Crippen molar-refractivity contribution in [3.63, 3.8) is 0 Å². The zero-order valence-corrected chi connectivity index (χ0v) is 13.0. The van der Waals surface area contributed by atoms with Gasteiger partial charge in [-0.3, -0.25) is 4.79 Å². The largest absolute Gasteiger partial charge is 0.481 e. The van der Waals surface area contributed by atoms with Gasteiger partial charge in [0.1, 0.15) is 0 Å². The van der Waals surface area contributed by atoms with E-state index < -0.39 is 12.6 Å². The van der Waals surface area contributed by atoms with Crippen LogP contribution in [-0.2, 0) is 35.7 Å². The lowest BCUT2D eigenvalue weighted by Gasteiger charge is -2.19. The molecule has 0 spiro atoms. The molecule has 0 saturated heterocycles. The molecule has 7 nitrogen and oxygen atoms in total. The van der Waals surface area contributed by atoms with Crippen LogP contribution in [0.2, 0.25) is 0 Å². The minimum atomic E-state index is -2.80. The Bertz CT molecular complexity index is 279.